The Morgan fingerprint density at radius 2 is 1.52 bits per heavy atom. The molecular weight excluding hydrogens is 380 g/mol. The molecule has 0 N–H and O–H groups in total. The van der Waals surface area contributed by atoms with E-state index in [4.69, 9.17) is 9.47 Å². The highest BCUT2D eigenvalue weighted by atomic mass is 16.5. The van der Waals surface area contributed by atoms with Crippen LogP contribution in [0.1, 0.15) is 98.8 Å². The first kappa shape index (κ1) is 22.7. The number of rotatable bonds is 5. The van der Waals surface area contributed by atoms with E-state index in [0.29, 0.717) is 17.6 Å². The molecule has 2 nitrogen and oxygen atoms in total. The minimum atomic E-state index is 0.471. The Hall–Kier alpha value is -0.0800. The van der Waals surface area contributed by atoms with Crippen LogP contribution in [0.5, 0.6) is 0 Å². The van der Waals surface area contributed by atoms with Gasteiger partial charge in [0.15, 0.2) is 0 Å². The van der Waals surface area contributed by atoms with Gasteiger partial charge in [0.05, 0.1) is 25.4 Å². The maximum Gasteiger partial charge on any atom is 0.0659 e. The summed E-state index contributed by atoms with van der Waals surface area (Å²) in [6.45, 7) is 14.7. The number of fused-ring (bicyclic) bond motifs is 1. The Balaban J connectivity index is 1.21. The van der Waals surface area contributed by atoms with Crippen molar-refractivity contribution in [1.82, 2.24) is 0 Å². The molecule has 3 aliphatic carbocycles. The summed E-state index contributed by atoms with van der Waals surface area (Å²) in [4.78, 5) is 0. The molecular formula is C29H50O2. The molecule has 7 unspecified atom stereocenters. The molecule has 2 aliphatic heterocycles. The van der Waals surface area contributed by atoms with E-state index >= 15 is 0 Å². The Morgan fingerprint density at radius 3 is 2.29 bits per heavy atom. The van der Waals surface area contributed by atoms with E-state index < -0.39 is 0 Å². The van der Waals surface area contributed by atoms with Gasteiger partial charge in [-0.3, -0.25) is 0 Å². The average Bonchev–Trinajstić information content (AvgIpc) is 2.88. The Labute approximate surface area is 192 Å². The number of ether oxygens (including phenoxy) is 2. The first-order valence-electron chi connectivity index (χ1n) is 14.1. The van der Waals surface area contributed by atoms with E-state index in [1.165, 1.54) is 64.2 Å². The Bertz CT molecular complexity index is 618. The predicted octanol–water partition coefficient (Wildman–Crippen LogP) is 7.36. The summed E-state index contributed by atoms with van der Waals surface area (Å²) in [5.41, 5.74) is 0.566. The van der Waals surface area contributed by atoms with Gasteiger partial charge >= 0.3 is 0 Å². The zero-order chi connectivity index (χ0) is 21.8. The SMILES string of the molecule is CC1CCC2C(CO1)[C@H](C(C)CCC(C)[C@@H]1CC[C@@H](C)C3CC[C@@H]4OCC341)CC[C@H]2C. The van der Waals surface area contributed by atoms with Crippen molar-refractivity contribution in [3.05, 3.63) is 0 Å². The molecule has 0 aromatic carbocycles. The van der Waals surface area contributed by atoms with Crippen molar-refractivity contribution in [2.75, 3.05) is 13.2 Å². The summed E-state index contributed by atoms with van der Waals surface area (Å²) in [6.07, 6.45) is 15.2. The lowest BCUT2D eigenvalue weighted by molar-refractivity contribution is -0.241. The van der Waals surface area contributed by atoms with Crippen LogP contribution in [0.15, 0.2) is 0 Å². The summed E-state index contributed by atoms with van der Waals surface area (Å²) in [7, 11) is 0. The highest BCUT2D eigenvalue weighted by Gasteiger charge is 2.64. The minimum Gasteiger partial charge on any atom is -0.378 e. The third-order valence-corrected chi connectivity index (χ3v) is 11.6. The van der Waals surface area contributed by atoms with Gasteiger partial charge in [-0.15, -0.1) is 0 Å². The second-order valence-corrected chi connectivity index (χ2v) is 13.1. The third-order valence-electron chi connectivity index (χ3n) is 11.6. The van der Waals surface area contributed by atoms with E-state index in [9.17, 15) is 0 Å². The maximum atomic E-state index is 6.30. The van der Waals surface area contributed by atoms with Gasteiger partial charge in [0, 0.05) is 5.41 Å². The van der Waals surface area contributed by atoms with Gasteiger partial charge < -0.3 is 9.47 Å². The lowest BCUT2D eigenvalue weighted by Crippen LogP contribution is -2.60. The summed E-state index contributed by atoms with van der Waals surface area (Å²) in [5, 5.41) is 0. The van der Waals surface area contributed by atoms with Crippen LogP contribution in [0, 0.1) is 58.7 Å². The fourth-order valence-electron chi connectivity index (χ4n) is 9.65. The molecule has 0 bridgehead atoms. The first-order chi connectivity index (χ1) is 14.9. The molecule has 178 valence electrons. The van der Waals surface area contributed by atoms with E-state index in [1.54, 1.807) is 0 Å². The molecule has 5 fully saturated rings. The molecule has 2 heterocycles. The second-order valence-electron chi connectivity index (χ2n) is 13.1. The maximum absolute atomic E-state index is 6.30. The van der Waals surface area contributed by atoms with Crippen LogP contribution >= 0.6 is 0 Å². The molecule has 2 heteroatoms. The van der Waals surface area contributed by atoms with Crippen molar-refractivity contribution < 1.29 is 9.47 Å². The molecule has 1 spiro atoms. The molecule has 0 aromatic heterocycles. The van der Waals surface area contributed by atoms with Crippen LogP contribution in [0.4, 0.5) is 0 Å². The molecule has 2 saturated heterocycles. The zero-order valence-electron chi connectivity index (χ0n) is 21.2. The number of hydrogen-bond acceptors (Lipinski definition) is 2. The summed E-state index contributed by atoms with van der Waals surface area (Å²) in [5.74, 6) is 8.04. The van der Waals surface area contributed by atoms with Crippen LogP contribution in [0.2, 0.25) is 0 Å². The standard InChI is InChI=1S/C29H50O2/c1-18(23-11-8-19(2)24-12-10-22(5)30-16-25(23)24)6-7-20(3)26-13-9-21(4)27-14-15-28-29(26,27)17-31-28/h18-28H,6-17H2,1-5H3/t18?,19-,20?,21-,22?,23+,24?,25?,26+,27?,28+,29?/m1/s1. The van der Waals surface area contributed by atoms with Crippen LogP contribution in [-0.2, 0) is 9.47 Å². The zero-order valence-corrected chi connectivity index (χ0v) is 21.2. The molecule has 0 aromatic rings. The largest absolute Gasteiger partial charge is 0.378 e. The molecule has 31 heavy (non-hydrogen) atoms. The van der Waals surface area contributed by atoms with Crippen LogP contribution in [0.3, 0.4) is 0 Å². The number of hydrogen-bond donors (Lipinski definition) is 0. The first-order valence-corrected chi connectivity index (χ1v) is 14.1. The van der Waals surface area contributed by atoms with E-state index in [-0.39, 0.29) is 0 Å². The Morgan fingerprint density at radius 1 is 0.742 bits per heavy atom. The van der Waals surface area contributed by atoms with E-state index in [0.717, 1.165) is 66.5 Å². The molecule has 5 rings (SSSR count). The topological polar surface area (TPSA) is 18.5 Å². The molecule has 5 aliphatic rings. The molecule has 0 radical (unpaired) electrons. The summed E-state index contributed by atoms with van der Waals surface area (Å²) >= 11 is 0. The van der Waals surface area contributed by atoms with Crippen LogP contribution in [0.25, 0.3) is 0 Å². The fourth-order valence-corrected chi connectivity index (χ4v) is 9.65. The lowest BCUT2D eigenvalue weighted by atomic mass is 9.52. The van der Waals surface area contributed by atoms with Crippen LogP contribution < -0.4 is 0 Å². The van der Waals surface area contributed by atoms with Gasteiger partial charge in [0.25, 0.3) is 0 Å². The van der Waals surface area contributed by atoms with E-state index in [1.807, 2.05) is 0 Å². The predicted molar refractivity (Wildman–Crippen MR) is 128 cm³/mol. The lowest BCUT2D eigenvalue weighted by Gasteiger charge is -2.59. The monoisotopic (exact) mass is 430 g/mol. The van der Waals surface area contributed by atoms with Gasteiger partial charge in [0.1, 0.15) is 0 Å². The minimum absolute atomic E-state index is 0.471. The molecule has 0 amide bonds. The van der Waals surface area contributed by atoms with Gasteiger partial charge in [-0.1, -0.05) is 53.4 Å². The highest BCUT2D eigenvalue weighted by molar-refractivity contribution is 5.12. The van der Waals surface area contributed by atoms with Gasteiger partial charge in [-0.05, 0) is 98.7 Å². The normalized spacial score (nSPS) is 51.6. The Kier molecular flexibility index (Phi) is 6.54. The third kappa shape index (κ3) is 3.84. The van der Waals surface area contributed by atoms with E-state index in [2.05, 4.69) is 34.6 Å². The average molecular weight is 431 g/mol. The van der Waals surface area contributed by atoms with Gasteiger partial charge in [-0.2, -0.15) is 0 Å². The smallest absolute Gasteiger partial charge is 0.0659 e. The van der Waals surface area contributed by atoms with Gasteiger partial charge in [-0.25, -0.2) is 0 Å². The molecule has 3 saturated carbocycles. The van der Waals surface area contributed by atoms with Crippen molar-refractivity contribution in [2.24, 2.45) is 58.7 Å². The van der Waals surface area contributed by atoms with Crippen molar-refractivity contribution in [2.45, 2.75) is 111 Å². The fraction of sp³-hybridized carbons (Fsp3) is 1.00. The summed E-state index contributed by atoms with van der Waals surface area (Å²) in [6, 6.07) is 0. The van der Waals surface area contributed by atoms with Crippen molar-refractivity contribution in [3.8, 4) is 0 Å². The van der Waals surface area contributed by atoms with Crippen molar-refractivity contribution in [1.29, 1.82) is 0 Å². The van der Waals surface area contributed by atoms with Crippen LogP contribution in [-0.4, -0.2) is 25.4 Å². The highest BCUT2D eigenvalue weighted by Crippen LogP contribution is 2.65. The quantitative estimate of drug-likeness (QED) is 0.453. The molecule has 12 atom stereocenters. The van der Waals surface area contributed by atoms with Crippen molar-refractivity contribution in [3.63, 3.8) is 0 Å². The van der Waals surface area contributed by atoms with Crippen molar-refractivity contribution >= 4 is 0 Å². The van der Waals surface area contributed by atoms with Gasteiger partial charge in [0.2, 0.25) is 0 Å². The second kappa shape index (κ2) is 8.94. The summed E-state index contributed by atoms with van der Waals surface area (Å²) < 4.78 is 12.4.